The van der Waals surface area contributed by atoms with Crippen molar-refractivity contribution < 1.29 is 9.90 Å². The molecule has 1 saturated carbocycles. The van der Waals surface area contributed by atoms with Gasteiger partial charge in [-0.25, -0.2) is 9.48 Å². The quantitative estimate of drug-likeness (QED) is 0.813. The van der Waals surface area contributed by atoms with Gasteiger partial charge in [0.1, 0.15) is 0 Å². The van der Waals surface area contributed by atoms with Crippen LogP contribution in [-0.4, -0.2) is 45.0 Å². The third-order valence-electron chi connectivity index (χ3n) is 4.41. The van der Waals surface area contributed by atoms with Crippen LogP contribution in [0.2, 0.25) is 0 Å². The number of aromatic nitrogens is 2. The normalized spacial score (nSPS) is 13.9. The fourth-order valence-electron chi connectivity index (χ4n) is 2.97. The van der Waals surface area contributed by atoms with Gasteiger partial charge in [0.05, 0.1) is 18.0 Å². The van der Waals surface area contributed by atoms with Gasteiger partial charge in [0.2, 0.25) is 0 Å². The molecule has 2 aromatic rings. The van der Waals surface area contributed by atoms with Crippen LogP contribution in [0, 0.1) is 0 Å². The Labute approximate surface area is 148 Å². The van der Waals surface area contributed by atoms with E-state index in [1.54, 1.807) is 4.90 Å². The van der Waals surface area contributed by atoms with Crippen LogP contribution in [0.15, 0.2) is 36.5 Å². The van der Waals surface area contributed by atoms with E-state index in [1.807, 2.05) is 41.2 Å². The number of nitrogens with zero attached hydrogens (tertiary/aromatic N) is 3. The van der Waals surface area contributed by atoms with Crippen molar-refractivity contribution in [3.8, 4) is 5.69 Å². The highest BCUT2D eigenvalue weighted by Gasteiger charge is 2.32. The number of amides is 2. The van der Waals surface area contributed by atoms with Crippen LogP contribution in [0.5, 0.6) is 0 Å². The second-order valence-corrected chi connectivity index (χ2v) is 6.78. The molecule has 1 heterocycles. The van der Waals surface area contributed by atoms with Crippen LogP contribution in [-0.2, 0) is 6.54 Å². The van der Waals surface area contributed by atoms with E-state index in [2.05, 4.69) is 19.2 Å². The van der Waals surface area contributed by atoms with Gasteiger partial charge in [0, 0.05) is 30.9 Å². The SMILES string of the molecule is CC(C)c1nn(-c2ccccc2)cc1CNC(=O)N(CCO)C1CC1. The minimum Gasteiger partial charge on any atom is -0.395 e. The minimum absolute atomic E-state index is 0.00684. The van der Waals surface area contributed by atoms with Crippen molar-refractivity contribution in [3.63, 3.8) is 0 Å². The molecule has 0 unspecified atom stereocenters. The van der Waals surface area contributed by atoms with Crippen molar-refractivity contribution in [2.75, 3.05) is 13.2 Å². The molecule has 2 amide bonds. The fourth-order valence-corrected chi connectivity index (χ4v) is 2.97. The third kappa shape index (κ3) is 4.20. The van der Waals surface area contributed by atoms with Crippen molar-refractivity contribution >= 4 is 6.03 Å². The highest BCUT2D eigenvalue weighted by atomic mass is 16.3. The van der Waals surface area contributed by atoms with Gasteiger partial charge in [-0.1, -0.05) is 32.0 Å². The predicted octanol–water partition coefficient (Wildman–Crippen LogP) is 2.66. The molecule has 1 aromatic carbocycles. The van der Waals surface area contributed by atoms with Gasteiger partial charge < -0.3 is 15.3 Å². The van der Waals surface area contributed by atoms with Crippen LogP contribution in [0.3, 0.4) is 0 Å². The van der Waals surface area contributed by atoms with Crippen molar-refractivity contribution in [1.29, 1.82) is 0 Å². The van der Waals surface area contributed by atoms with Gasteiger partial charge in [-0.3, -0.25) is 0 Å². The summed E-state index contributed by atoms with van der Waals surface area (Å²) in [5.41, 5.74) is 3.01. The van der Waals surface area contributed by atoms with E-state index in [0.717, 1.165) is 29.8 Å². The number of para-hydroxylation sites is 1. The molecular formula is C19H26N4O2. The Morgan fingerprint density at radius 2 is 2.08 bits per heavy atom. The summed E-state index contributed by atoms with van der Waals surface area (Å²) in [7, 11) is 0. The summed E-state index contributed by atoms with van der Waals surface area (Å²) < 4.78 is 1.86. The maximum atomic E-state index is 12.4. The highest BCUT2D eigenvalue weighted by Crippen LogP contribution is 2.26. The van der Waals surface area contributed by atoms with Crippen molar-refractivity contribution in [3.05, 3.63) is 47.8 Å². The standard InChI is InChI=1S/C19H26N4O2/c1-14(2)18-15(13-23(21-18)17-6-4-3-5-7-17)12-20-19(25)22(10-11-24)16-8-9-16/h3-7,13-14,16,24H,8-12H2,1-2H3,(H,20,25). The molecule has 3 rings (SSSR count). The largest absolute Gasteiger partial charge is 0.395 e. The maximum Gasteiger partial charge on any atom is 0.317 e. The summed E-state index contributed by atoms with van der Waals surface area (Å²) in [4.78, 5) is 14.2. The number of aliphatic hydroxyl groups excluding tert-OH is 1. The molecule has 25 heavy (non-hydrogen) atoms. The van der Waals surface area contributed by atoms with Crippen LogP contribution in [0.1, 0.15) is 43.9 Å². The van der Waals surface area contributed by atoms with Crippen molar-refractivity contribution in [2.24, 2.45) is 0 Å². The highest BCUT2D eigenvalue weighted by molar-refractivity contribution is 5.75. The average molecular weight is 342 g/mol. The van der Waals surface area contributed by atoms with E-state index in [1.165, 1.54) is 0 Å². The van der Waals surface area contributed by atoms with Crippen molar-refractivity contribution in [1.82, 2.24) is 20.0 Å². The van der Waals surface area contributed by atoms with Gasteiger partial charge in [-0.2, -0.15) is 5.10 Å². The Kier molecular flexibility index (Phi) is 5.38. The smallest absolute Gasteiger partial charge is 0.317 e. The van der Waals surface area contributed by atoms with Gasteiger partial charge in [0.25, 0.3) is 0 Å². The number of carbonyl (C=O) groups is 1. The zero-order valence-electron chi connectivity index (χ0n) is 14.9. The summed E-state index contributed by atoms with van der Waals surface area (Å²) >= 11 is 0. The van der Waals surface area contributed by atoms with E-state index < -0.39 is 0 Å². The molecule has 0 radical (unpaired) electrons. The summed E-state index contributed by atoms with van der Waals surface area (Å²) in [5.74, 6) is 0.272. The molecule has 2 N–H and O–H groups in total. The van der Waals surface area contributed by atoms with E-state index >= 15 is 0 Å². The van der Waals surface area contributed by atoms with E-state index in [-0.39, 0.29) is 24.6 Å². The fraction of sp³-hybridized carbons (Fsp3) is 0.474. The lowest BCUT2D eigenvalue weighted by Crippen LogP contribution is -2.42. The van der Waals surface area contributed by atoms with E-state index in [4.69, 9.17) is 10.2 Å². The molecule has 6 heteroatoms. The molecule has 0 atom stereocenters. The summed E-state index contributed by atoms with van der Waals surface area (Å²) in [6, 6.07) is 10.1. The number of hydrogen-bond acceptors (Lipinski definition) is 3. The number of carbonyl (C=O) groups excluding carboxylic acids is 1. The average Bonchev–Trinajstić information content (AvgIpc) is 3.36. The number of hydrogen-bond donors (Lipinski definition) is 2. The first-order valence-corrected chi connectivity index (χ1v) is 8.89. The number of benzene rings is 1. The molecule has 1 aliphatic carbocycles. The van der Waals surface area contributed by atoms with E-state index in [9.17, 15) is 4.79 Å². The first-order chi connectivity index (χ1) is 12.1. The Balaban J connectivity index is 1.73. The number of rotatable bonds is 7. The van der Waals surface area contributed by atoms with Gasteiger partial charge in [0.15, 0.2) is 0 Å². The number of urea groups is 1. The minimum atomic E-state index is -0.112. The topological polar surface area (TPSA) is 70.4 Å². The first-order valence-electron chi connectivity index (χ1n) is 8.89. The van der Waals surface area contributed by atoms with Crippen molar-refractivity contribution in [2.45, 2.75) is 45.2 Å². The summed E-state index contributed by atoms with van der Waals surface area (Å²) in [6.45, 7) is 5.02. The van der Waals surface area contributed by atoms with Crippen LogP contribution in [0.4, 0.5) is 4.79 Å². The molecule has 1 aromatic heterocycles. The second kappa shape index (κ2) is 7.70. The Morgan fingerprint density at radius 1 is 1.36 bits per heavy atom. The zero-order valence-corrected chi connectivity index (χ0v) is 14.9. The molecule has 0 bridgehead atoms. The zero-order chi connectivity index (χ0) is 17.8. The lowest BCUT2D eigenvalue weighted by atomic mass is 10.1. The molecule has 0 aliphatic heterocycles. The van der Waals surface area contributed by atoms with Gasteiger partial charge in [-0.05, 0) is 30.9 Å². The summed E-state index contributed by atoms with van der Waals surface area (Å²) in [5, 5.41) is 16.8. The lowest BCUT2D eigenvalue weighted by Gasteiger charge is -2.21. The number of nitrogens with one attached hydrogen (secondary N) is 1. The lowest BCUT2D eigenvalue weighted by molar-refractivity contribution is 0.173. The summed E-state index contributed by atoms with van der Waals surface area (Å²) in [6.07, 6.45) is 4.03. The Morgan fingerprint density at radius 3 is 2.68 bits per heavy atom. The van der Waals surface area contributed by atoms with Gasteiger partial charge >= 0.3 is 6.03 Å². The molecular weight excluding hydrogens is 316 g/mol. The number of aliphatic hydroxyl groups is 1. The molecule has 6 nitrogen and oxygen atoms in total. The van der Waals surface area contributed by atoms with Crippen LogP contribution < -0.4 is 5.32 Å². The monoisotopic (exact) mass is 342 g/mol. The Bertz CT molecular complexity index is 707. The second-order valence-electron chi connectivity index (χ2n) is 6.78. The third-order valence-corrected chi connectivity index (χ3v) is 4.41. The van der Waals surface area contributed by atoms with Crippen LogP contribution >= 0.6 is 0 Å². The molecule has 1 fully saturated rings. The van der Waals surface area contributed by atoms with E-state index in [0.29, 0.717) is 13.1 Å². The maximum absolute atomic E-state index is 12.4. The Hall–Kier alpha value is -2.34. The molecule has 1 aliphatic rings. The van der Waals surface area contributed by atoms with Crippen LogP contribution in [0.25, 0.3) is 5.69 Å². The molecule has 0 saturated heterocycles. The predicted molar refractivity (Wildman–Crippen MR) is 96.7 cm³/mol. The first kappa shape index (κ1) is 17.5. The van der Waals surface area contributed by atoms with Gasteiger partial charge in [-0.15, -0.1) is 0 Å². The molecule has 0 spiro atoms. The molecule has 134 valence electrons.